The molecule has 84 valence electrons. The Balaban J connectivity index is 3.59. The molecule has 3 nitrogen and oxygen atoms in total. The molecule has 0 aliphatic heterocycles. The fourth-order valence-corrected chi connectivity index (χ4v) is 0.625. The second-order valence-corrected chi connectivity index (χ2v) is 2.56. The number of halogens is 4. The van der Waals surface area contributed by atoms with Crippen molar-refractivity contribution < 1.29 is 27.1 Å². The lowest BCUT2D eigenvalue weighted by Gasteiger charge is -2.15. The first-order chi connectivity index (χ1) is 6.40. The number of methoxy groups -OCH3 is 1. The van der Waals surface area contributed by atoms with E-state index < -0.39 is 24.9 Å². The molecule has 0 fully saturated rings. The Morgan fingerprint density at radius 3 is 2.50 bits per heavy atom. The molecule has 0 spiro atoms. The van der Waals surface area contributed by atoms with Crippen LogP contribution in [0.4, 0.5) is 17.6 Å². The van der Waals surface area contributed by atoms with Crippen LogP contribution in [0.1, 0.15) is 6.42 Å². The summed E-state index contributed by atoms with van der Waals surface area (Å²) in [5.74, 6) is -4.64. The first kappa shape index (κ1) is 13.2. The van der Waals surface area contributed by atoms with Gasteiger partial charge in [-0.1, -0.05) is 0 Å². The van der Waals surface area contributed by atoms with Crippen molar-refractivity contribution in [3.63, 3.8) is 0 Å². The third-order valence-electron chi connectivity index (χ3n) is 1.41. The van der Waals surface area contributed by atoms with Gasteiger partial charge in [-0.3, -0.25) is 4.79 Å². The first-order valence-electron chi connectivity index (χ1n) is 3.83. The molecule has 0 aromatic carbocycles. The van der Waals surface area contributed by atoms with Gasteiger partial charge in [-0.25, -0.2) is 8.78 Å². The van der Waals surface area contributed by atoms with Crippen LogP contribution >= 0.6 is 0 Å². The van der Waals surface area contributed by atoms with E-state index in [4.69, 9.17) is 0 Å². The summed E-state index contributed by atoms with van der Waals surface area (Å²) < 4.78 is 51.8. The van der Waals surface area contributed by atoms with Crippen molar-refractivity contribution in [3.05, 3.63) is 0 Å². The molecule has 0 aliphatic carbocycles. The highest BCUT2D eigenvalue weighted by molar-refractivity contribution is 5.69. The number of carbonyl (C=O) groups excluding carboxylic acids is 1. The Bertz CT molecular complexity index is 187. The molecule has 0 saturated heterocycles. The maximum Gasteiger partial charge on any atom is 0.319 e. The standard InChI is InChI=1S/C7H11F4NO2/c1-14-5(13)2-3-12-4-7(10,11)6(8)9/h6,12H,2-4H2,1H3. The van der Waals surface area contributed by atoms with Crippen LogP contribution in [-0.4, -0.2) is 38.5 Å². The summed E-state index contributed by atoms with van der Waals surface area (Å²) in [5.41, 5.74) is 0. The van der Waals surface area contributed by atoms with Gasteiger partial charge in [0, 0.05) is 6.54 Å². The van der Waals surface area contributed by atoms with Crippen LogP contribution in [0, 0.1) is 0 Å². The Kier molecular flexibility index (Phi) is 5.44. The summed E-state index contributed by atoms with van der Waals surface area (Å²) in [6.07, 6.45) is -3.83. The van der Waals surface area contributed by atoms with E-state index in [1.165, 1.54) is 0 Å². The summed E-state index contributed by atoms with van der Waals surface area (Å²) in [6, 6.07) is 0. The fraction of sp³-hybridized carbons (Fsp3) is 0.857. The maximum atomic E-state index is 12.2. The number of carbonyl (C=O) groups is 1. The number of hydrogen-bond acceptors (Lipinski definition) is 3. The average molecular weight is 217 g/mol. The van der Waals surface area contributed by atoms with Crippen molar-refractivity contribution in [3.8, 4) is 0 Å². The van der Waals surface area contributed by atoms with E-state index in [1.54, 1.807) is 0 Å². The lowest BCUT2D eigenvalue weighted by atomic mass is 10.3. The molecule has 0 radical (unpaired) electrons. The number of rotatable bonds is 6. The van der Waals surface area contributed by atoms with E-state index in [9.17, 15) is 22.4 Å². The Hall–Kier alpha value is -0.850. The molecule has 0 aromatic heterocycles. The molecule has 0 saturated carbocycles. The van der Waals surface area contributed by atoms with E-state index in [-0.39, 0.29) is 13.0 Å². The molecule has 0 heterocycles. The molecule has 0 aliphatic rings. The summed E-state index contributed by atoms with van der Waals surface area (Å²) in [5, 5.41) is 2.04. The summed E-state index contributed by atoms with van der Waals surface area (Å²) in [4.78, 5) is 10.5. The zero-order chi connectivity index (χ0) is 11.2. The van der Waals surface area contributed by atoms with Gasteiger partial charge in [-0.2, -0.15) is 8.78 Å². The van der Waals surface area contributed by atoms with Crippen LogP contribution in [0.2, 0.25) is 0 Å². The van der Waals surface area contributed by atoms with Gasteiger partial charge in [-0.15, -0.1) is 0 Å². The SMILES string of the molecule is COC(=O)CCNCC(F)(F)C(F)F. The molecule has 0 bridgehead atoms. The molecule has 0 atom stereocenters. The van der Waals surface area contributed by atoms with Crippen molar-refractivity contribution in [1.29, 1.82) is 0 Å². The number of alkyl halides is 4. The van der Waals surface area contributed by atoms with Gasteiger partial charge in [0.25, 0.3) is 0 Å². The highest BCUT2D eigenvalue weighted by Crippen LogP contribution is 2.21. The lowest BCUT2D eigenvalue weighted by molar-refractivity contribution is -0.141. The van der Waals surface area contributed by atoms with Gasteiger partial charge >= 0.3 is 18.3 Å². The van der Waals surface area contributed by atoms with Gasteiger partial charge in [0.2, 0.25) is 0 Å². The van der Waals surface area contributed by atoms with E-state index in [0.717, 1.165) is 7.11 Å². The molecule has 0 rings (SSSR count). The topological polar surface area (TPSA) is 38.3 Å². The van der Waals surface area contributed by atoms with Crippen LogP contribution in [0.5, 0.6) is 0 Å². The Morgan fingerprint density at radius 2 is 2.07 bits per heavy atom. The lowest BCUT2D eigenvalue weighted by Crippen LogP contribution is -2.39. The van der Waals surface area contributed by atoms with Crippen molar-refractivity contribution >= 4 is 5.97 Å². The van der Waals surface area contributed by atoms with E-state index in [0.29, 0.717) is 0 Å². The van der Waals surface area contributed by atoms with Gasteiger partial charge in [0.15, 0.2) is 0 Å². The molecule has 0 amide bonds. The molecule has 0 aromatic rings. The average Bonchev–Trinajstić information content (AvgIpc) is 2.11. The number of esters is 1. The zero-order valence-electron chi connectivity index (χ0n) is 7.53. The van der Waals surface area contributed by atoms with Crippen molar-refractivity contribution in [1.82, 2.24) is 5.32 Å². The van der Waals surface area contributed by atoms with Crippen molar-refractivity contribution in [2.24, 2.45) is 0 Å². The Labute approximate surface area is 78.4 Å². The van der Waals surface area contributed by atoms with Crippen molar-refractivity contribution in [2.75, 3.05) is 20.2 Å². The predicted molar refractivity (Wildman–Crippen MR) is 40.5 cm³/mol. The fourth-order valence-electron chi connectivity index (χ4n) is 0.625. The normalized spacial score (nSPS) is 11.9. The number of ether oxygens (including phenoxy) is 1. The molecule has 0 unspecified atom stereocenters. The third kappa shape index (κ3) is 5.00. The summed E-state index contributed by atoms with van der Waals surface area (Å²) in [7, 11) is 1.15. The number of hydrogen-bond donors (Lipinski definition) is 1. The van der Waals surface area contributed by atoms with E-state index in [2.05, 4.69) is 4.74 Å². The van der Waals surface area contributed by atoms with E-state index in [1.807, 2.05) is 5.32 Å². The van der Waals surface area contributed by atoms with Gasteiger partial charge in [0.1, 0.15) is 0 Å². The largest absolute Gasteiger partial charge is 0.469 e. The summed E-state index contributed by atoms with van der Waals surface area (Å²) >= 11 is 0. The van der Waals surface area contributed by atoms with Crippen LogP contribution in [0.3, 0.4) is 0 Å². The Morgan fingerprint density at radius 1 is 1.50 bits per heavy atom. The zero-order valence-corrected chi connectivity index (χ0v) is 7.53. The molecule has 14 heavy (non-hydrogen) atoms. The molecule has 1 N–H and O–H groups in total. The van der Waals surface area contributed by atoms with E-state index >= 15 is 0 Å². The minimum Gasteiger partial charge on any atom is -0.469 e. The van der Waals surface area contributed by atoms with Crippen molar-refractivity contribution in [2.45, 2.75) is 18.8 Å². The van der Waals surface area contributed by atoms with Crippen LogP contribution in [0.15, 0.2) is 0 Å². The quantitative estimate of drug-likeness (QED) is 0.410. The van der Waals surface area contributed by atoms with Gasteiger partial charge < -0.3 is 10.1 Å². The first-order valence-corrected chi connectivity index (χ1v) is 3.83. The van der Waals surface area contributed by atoms with Crippen LogP contribution < -0.4 is 5.32 Å². The predicted octanol–water partition coefficient (Wildman–Crippen LogP) is 1.04. The highest BCUT2D eigenvalue weighted by Gasteiger charge is 2.39. The molecule has 7 heteroatoms. The minimum absolute atomic E-state index is 0.116. The monoisotopic (exact) mass is 217 g/mol. The van der Waals surface area contributed by atoms with Crippen LogP contribution in [-0.2, 0) is 9.53 Å². The second-order valence-electron chi connectivity index (χ2n) is 2.56. The van der Waals surface area contributed by atoms with Gasteiger partial charge in [0.05, 0.1) is 20.1 Å². The smallest absolute Gasteiger partial charge is 0.319 e. The molecular weight excluding hydrogens is 206 g/mol. The third-order valence-corrected chi connectivity index (χ3v) is 1.41. The summed E-state index contributed by atoms with van der Waals surface area (Å²) in [6.45, 7) is -1.27. The maximum absolute atomic E-state index is 12.2. The second kappa shape index (κ2) is 5.79. The highest BCUT2D eigenvalue weighted by atomic mass is 19.3. The molecular formula is C7H11F4NO2. The number of nitrogens with one attached hydrogen (secondary N) is 1. The van der Waals surface area contributed by atoms with Gasteiger partial charge in [-0.05, 0) is 0 Å². The minimum atomic E-state index is -4.06. The van der Waals surface area contributed by atoms with Crippen LogP contribution in [0.25, 0.3) is 0 Å².